The molecule has 1 aromatic heterocycles. The number of hydrogen-bond acceptors (Lipinski definition) is 5. The van der Waals surface area contributed by atoms with Gasteiger partial charge in [-0.25, -0.2) is 5.10 Å². The zero-order valence-corrected chi connectivity index (χ0v) is 14.5. The van der Waals surface area contributed by atoms with Gasteiger partial charge in [-0.3, -0.25) is 14.4 Å². The molecule has 0 bridgehead atoms. The Bertz CT molecular complexity index is 836. The van der Waals surface area contributed by atoms with E-state index < -0.39 is 0 Å². The normalized spacial score (nSPS) is 14.2. The molecule has 2 aromatic rings. The van der Waals surface area contributed by atoms with E-state index in [1.54, 1.807) is 9.80 Å². The molecule has 8 heteroatoms. The van der Waals surface area contributed by atoms with Crippen molar-refractivity contribution in [2.75, 3.05) is 32.8 Å². The van der Waals surface area contributed by atoms with E-state index in [2.05, 4.69) is 10.2 Å². The van der Waals surface area contributed by atoms with Gasteiger partial charge in [-0.1, -0.05) is 18.2 Å². The van der Waals surface area contributed by atoms with Crippen LogP contribution >= 0.6 is 0 Å². The summed E-state index contributed by atoms with van der Waals surface area (Å²) in [6, 6.07) is 10.2. The molecule has 2 heterocycles. The molecule has 0 saturated carbocycles. The number of hydrogen-bond donors (Lipinski definition) is 1. The number of carbonyl (C=O) groups excluding carboxylic acids is 2. The molecule has 136 valence electrons. The first-order valence-electron chi connectivity index (χ1n) is 8.36. The molecule has 1 aliphatic rings. The van der Waals surface area contributed by atoms with Crippen molar-refractivity contribution in [1.29, 1.82) is 0 Å². The molecular formula is C18H20N4O4. The summed E-state index contributed by atoms with van der Waals surface area (Å²) in [5.41, 5.74) is 0.807. The zero-order valence-electron chi connectivity index (χ0n) is 14.5. The predicted octanol–water partition coefficient (Wildman–Crippen LogP) is 0.442. The summed E-state index contributed by atoms with van der Waals surface area (Å²) in [6.07, 6.45) is 0. The Morgan fingerprint density at radius 3 is 2.42 bits per heavy atom. The Kier molecular flexibility index (Phi) is 5.31. The summed E-state index contributed by atoms with van der Waals surface area (Å²) in [5, 5.41) is 6.00. The third-order valence-corrected chi connectivity index (χ3v) is 4.26. The van der Waals surface area contributed by atoms with Gasteiger partial charge in [0.25, 0.3) is 17.4 Å². The highest BCUT2D eigenvalue weighted by molar-refractivity contribution is 5.92. The monoisotopic (exact) mass is 356 g/mol. The van der Waals surface area contributed by atoms with Crippen LogP contribution in [0.3, 0.4) is 0 Å². The maximum Gasteiger partial charge on any atom is 0.274 e. The molecule has 1 aromatic carbocycles. The van der Waals surface area contributed by atoms with Gasteiger partial charge in [-0.15, -0.1) is 0 Å². The minimum atomic E-state index is -0.356. The molecule has 1 aliphatic heterocycles. The molecule has 8 nitrogen and oxygen atoms in total. The standard InChI is InChI=1S/C18H20N4O4/c1-13-4-2-3-5-15(13)26-12-17(24)21-8-10-22(11-9-21)18(25)14-6-7-16(23)20-19-14/h2-7H,8-12H2,1H3,(H,20,23). The number of piperazine rings is 1. The van der Waals surface area contributed by atoms with Crippen LogP contribution < -0.4 is 10.3 Å². The van der Waals surface area contributed by atoms with Crippen LogP contribution in [0.4, 0.5) is 0 Å². The number of para-hydroxylation sites is 1. The molecule has 0 atom stereocenters. The van der Waals surface area contributed by atoms with Gasteiger partial charge in [0, 0.05) is 32.2 Å². The fourth-order valence-corrected chi connectivity index (χ4v) is 2.73. The van der Waals surface area contributed by atoms with Crippen LogP contribution in [0.15, 0.2) is 41.2 Å². The van der Waals surface area contributed by atoms with Gasteiger partial charge in [-0.05, 0) is 24.6 Å². The number of aromatic amines is 1. The molecule has 1 saturated heterocycles. The molecule has 0 spiro atoms. The largest absolute Gasteiger partial charge is 0.484 e. The summed E-state index contributed by atoms with van der Waals surface area (Å²) < 4.78 is 5.59. The van der Waals surface area contributed by atoms with E-state index in [-0.39, 0.29) is 29.7 Å². The number of carbonyl (C=O) groups is 2. The molecule has 1 fully saturated rings. The van der Waals surface area contributed by atoms with Crippen molar-refractivity contribution in [3.05, 3.63) is 58.0 Å². The fourth-order valence-electron chi connectivity index (χ4n) is 2.73. The smallest absolute Gasteiger partial charge is 0.274 e. The lowest BCUT2D eigenvalue weighted by molar-refractivity contribution is -0.134. The molecule has 0 aliphatic carbocycles. The van der Waals surface area contributed by atoms with Crippen molar-refractivity contribution in [2.24, 2.45) is 0 Å². The van der Waals surface area contributed by atoms with Crippen LogP contribution in [0, 0.1) is 6.92 Å². The second-order valence-electron chi connectivity index (χ2n) is 6.03. The van der Waals surface area contributed by atoms with E-state index in [1.807, 2.05) is 31.2 Å². The maximum atomic E-state index is 12.3. The summed E-state index contributed by atoms with van der Waals surface area (Å²) >= 11 is 0. The number of benzene rings is 1. The summed E-state index contributed by atoms with van der Waals surface area (Å²) in [5.74, 6) is 0.325. The van der Waals surface area contributed by atoms with Crippen molar-refractivity contribution in [1.82, 2.24) is 20.0 Å². The second kappa shape index (κ2) is 7.81. The molecule has 3 rings (SSSR count). The lowest BCUT2D eigenvalue weighted by Crippen LogP contribution is -2.51. The van der Waals surface area contributed by atoms with Crippen LogP contribution in [0.2, 0.25) is 0 Å². The first-order valence-corrected chi connectivity index (χ1v) is 8.36. The summed E-state index contributed by atoms with van der Waals surface area (Å²) in [7, 11) is 0. The Morgan fingerprint density at radius 1 is 1.08 bits per heavy atom. The third kappa shape index (κ3) is 4.08. The maximum absolute atomic E-state index is 12.3. The second-order valence-corrected chi connectivity index (χ2v) is 6.03. The molecule has 2 amide bonds. The lowest BCUT2D eigenvalue weighted by Gasteiger charge is -2.34. The average Bonchev–Trinajstić information content (AvgIpc) is 2.67. The Labute approximate surface area is 150 Å². The van der Waals surface area contributed by atoms with Gasteiger partial charge < -0.3 is 14.5 Å². The van der Waals surface area contributed by atoms with Crippen molar-refractivity contribution < 1.29 is 14.3 Å². The molecule has 0 radical (unpaired) electrons. The first-order chi connectivity index (χ1) is 12.5. The number of nitrogens with zero attached hydrogens (tertiary/aromatic N) is 3. The van der Waals surface area contributed by atoms with Gasteiger partial charge in [0.05, 0.1) is 0 Å². The van der Waals surface area contributed by atoms with Crippen LogP contribution in [0.1, 0.15) is 16.1 Å². The van der Waals surface area contributed by atoms with Crippen molar-refractivity contribution >= 4 is 11.8 Å². The highest BCUT2D eigenvalue weighted by atomic mass is 16.5. The number of aryl methyl sites for hydroxylation is 1. The fraction of sp³-hybridized carbons (Fsp3) is 0.333. The van der Waals surface area contributed by atoms with E-state index in [1.165, 1.54) is 12.1 Å². The average molecular weight is 356 g/mol. The number of amides is 2. The number of nitrogens with one attached hydrogen (secondary N) is 1. The SMILES string of the molecule is Cc1ccccc1OCC(=O)N1CCN(C(=O)c2ccc(=O)[nH]n2)CC1. The molecular weight excluding hydrogens is 336 g/mol. The van der Waals surface area contributed by atoms with Crippen molar-refractivity contribution in [3.8, 4) is 5.75 Å². The van der Waals surface area contributed by atoms with Crippen LogP contribution in [0.25, 0.3) is 0 Å². The number of ether oxygens (including phenoxy) is 1. The molecule has 0 unspecified atom stereocenters. The van der Waals surface area contributed by atoms with Crippen LogP contribution in [0.5, 0.6) is 5.75 Å². The Morgan fingerprint density at radius 2 is 1.77 bits per heavy atom. The van der Waals surface area contributed by atoms with Crippen molar-refractivity contribution in [2.45, 2.75) is 6.92 Å². The van der Waals surface area contributed by atoms with Gasteiger partial charge in [0.15, 0.2) is 6.61 Å². The predicted molar refractivity (Wildman–Crippen MR) is 94.0 cm³/mol. The summed E-state index contributed by atoms with van der Waals surface area (Å²) in [6.45, 7) is 3.59. The van der Waals surface area contributed by atoms with E-state index in [0.717, 1.165) is 5.56 Å². The van der Waals surface area contributed by atoms with E-state index >= 15 is 0 Å². The zero-order chi connectivity index (χ0) is 18.5. The third-order valence-electron chi connectivity index (χ3n) is 4.26. The minimum absolute atomic E-state index is 0.0275. The highest BCUT2D eigenvalue weighted by Gasteiger charge is 2.25. The van der Waals surface area contributed by atoms with Gasteiger partial charge in [0.1, 0.15) is 11.4 Å². The molecule has 1 N–H and O–H groups in total. The van der Waals surface area contributed by atoms with Crippen molar-refractivity contribution in [3.63, 3.8) is 0 Å². The van der Waals surface area contributed by atoms with Gasteiger partial charge >= 0.3 is 0 Å². The van der Waals surface area contributed by atoms with Gasteiger partial charge in [-0.2, -0.15) is 5.10 Å². The first kappa shape index (κ1) is 17.7. The number of rotatable bonds is 4. The number of H-pyrrole nitrogens is 1. The summed E-state index contributed by atoms with van der Waals surface area (Å²) in [4.78, 5) is 39.0. The Hall–Kier alpha value is -3.16. The lowest BCUT2D eigenvalue weighted by atomic mass is 10.2. The van der Waals surface area contributed by atoms with E-state index in [0.29, 0.717) is 31.9 Å². The van der Waals surface area contributed by atoms with Crippen LogP contribution in [-0.2, 0) is 4.79 Å². The minimum Gasteiger partial charge on any atom is -0.484 e. The quantitative estimate of drug-likeness (QED) is 0.858. The molecule has 26 heavy (non-hydrogen) atoms. The Balaban J connectivity index is 1.50. The van der Waals surface area contributed by atoms with E-state index in [9.17, 15) is 14.4 Å². The van der Waals surface area contributed by atoms with Crippen LogP contribution in [-0.4, -0.2) is 64.6 Å². The topological polar surface area (TPSA) is 95.6 Å². The number of aromatic nitrogens is 2. The van der Waals surface area contributed by atoms with E-state index in [4.69, 9.17) is 4.74 Å². The highest BCUT2D eigenvalue weighted by Crippen LogP contribution is 2.16. The van der Waals surface area contributed by atoms with Gasteiger partial charge in [0.2, 0.25) is 0 Å².